The Morgan fingerprint density at radius 1 is 1.26 bits per heavy atom. The van der Waals surface area contributed by atoms with E-state index in [1.54, 1.807) is 11.8 Å². The van der Waals surface area contributed by atoms with Crippen molar-refractivity contribution in [2.75, 3.05) is 18.1 Å². The Labute approximate surface area is 116 Å². The lowest BCUT2D eigenvalue weighted by atomic mass is 9.84. The Kier molecular flexibility index (Phi) is 3.71. The molecule has 3 aliphatic rings. The van der Waals surface area contributed by atoms with Crippen LogP contribution in [0.25, 0.3) is 0 Å². The largest absolute Gasteiger partial charge is 0.481 e. The number of amides is 1. The van der Waals surface area contributed by atoms with Crippen LogP contribution in [0.15, 0.2) is 0 Å². The van der Waals surface area contributed by atoms with E-state index in [1.165, 1.54) is 0 Å². The summed E-state index contributed by atoms with van der Waals surface area (Å²) in [5.74, 6) is 1.31. The average molecular weight is 284 g/mol. The fourth-order valence-corrected chi connectivity index (χ4v) is 4.79. The summed E-state index contributed by atoms with van der Waals surface area (Å²) >= 11 is 1.77. The smallest absolute Gasteiger partial charge is 0.308 e. The number of thioether (sulfide) groups is 1. The summed E-state index contributed by atoms with van der Waals surface area (Å²) in [6, 6.07) is -0.315. The van der Waals surface area contributed by atoms with Crippen molar-refractivity contribution in [1.29, 1.82) is 0 Å². The zero-order valence-electron chi connectivity index (χ0n) is 10.8. The lowest BCUT2D eigenvalue weighted by Gasteiger charge is -2.31. The van der Waals surface area contributed by atoms with Gasteiger partial charge < -0.3 is 15.7 Å². The summed E-state index contributed by atoms with van der Waals surface area (Å²) in [6.07, 6.45) is 3.03. The Hall–Kier alpha value is -0.750. The Morgan fingerprint density at radius 2 is 2.05 bits per heavy atom. The fourth-order valence-electron chi connectivity index (χ4n) is 3.85. The highest BCUT2D eigenvalue weighted by atomic mass is 32.2. The highest BCUT2D eigenvalue weighted by molar-refractivity contribution is 7.99. The Balaban J connectivity index is 1.64. The fraction of sp³-hybridized carbons (Fsp3) is 0.846. The van der Waals surface area contributed by atoms with Gasteiger partial charge in [-0.3, -0.25) is 9.59 Å². The lowest BCUT2D eigenvalue weighted by Crippen LogP contribution is -2.55. The van der Waals surface area contributed by atoms with E-state index in [2.05, 4.69) is 10.6 Å². The van der Waals surface area contributed by atoms with Crippen LogP contribution < -0.4 is 10.6 Å². The van der Waals surface area contributed by atoms with Crippen LogP contribution in [-0.4, -0.2) is 47.1 Å². The molecule has 5 unspecified atom stereocenters. The van der Waals surface area contributed by atoms with E-state index in [0.717, 1.165) is 37.3 Å². The van der Waals surface area contributed by atoms with Crippen LogP contribution in [-0.2, 0) is 9.59 Å². The van der Waals surface area contributed by atoms with E-state index < -0.39 is 5.97 Å². The standard InChI is InChI=1S/C13H20N2O3S/c16-12(9-6-19-4-3-14-9)15-11-8-2-1-7(5-8)10(11)13(17)18/h7-11,14H,1-6H2,(H,15,16)(H,17,18). The molecule has 19 heavy (non-hydrogen) atoms. The van der Waals surface area contributed by atoms with Crippen LogP contribution in [0, 0.1) is 17.8 Å². The van der Waals surface area contributed by atoms with Gasteiger partial charge in [0.1, 0.15) is 0 Å². The molecule has 1 aliphatic heterocycles. The van der Waals surface area contributed by atoms with Gasteiger partial charge in [0, 0.05) is 24.1 Å². The quantitative estimate of drug-likeness (QED) is 0.695. The molecule has 1 saturated heterocycles. The van der Waals surface area contributed by atoms with Crippen LogP contribution >= 0.6 is 11.8 Å². The lowest BCUT2D eigenvalue weighted by molar-refractivity contribution is -0.144. The first-order valence-corrected chi connectivity index (χ1v) is 8.16. The van der Waals surface area contributed by atoms with Gasteiger partial charge in [0.15, 0.2) is 0 Å². The van der Waals surface area contributed by atoms with Crippen molar-refractivity contribution >= 4 is 23.6 Å². The molecule has 6 heteroatoms. The van der Waals surface area contributed by atoms with Gasteiger partial charge in [0.25, 0.3) is 0 Å². The summed E-state index contributed by atoms with van der Waals surface area (Å²) in [6.45, 7) is 0.849. The molecule has 0 aromatic rings. The zero-order valence-corrected chi connectivity index (χ0v) is 11.6. The monoisotopic (exact) mass is 284 g/mol. The van der Waals surface area contributed by atoms with Gasteiger partial charge in [-0.1, -0.05) is 0 Å². The maximum absolute atomic E-state index is 12.2. The molecule has 2 aliphatic carbocycles. The van der Waals surface area contributed by atoms with Crippen LogP contribution in [0.1, 0.15) is 19.3 Å². The van der Waals surface area contributed by atoms with Gasteiger partial charge in [0.05, 0.1) is 12.0 Å². The molecule has 1 amide bonds. The van der Waals surface area contributed by atoms with Crippen LogP contribution in [0.4, 0.5) is 0 Å². The van der Waals surface area contributed by atoms with Gasteiger partial charge in [-0.15, -0.1) is 0 Å². The molecule has 0 spiro atoms. The van der Waals surface area contributed by atoms with Crippen molar-refractivity contribution in [1.82, 2.24) is 10.6 Å². The minimum atomic E-state index is -0.747. The first-order chi connectivity index (χ1) is 9.16. The zero-order chi connectivity index (χ0) is 13.4. The number of carboxylic acids is 1. The topological polar surface area (TPSA) is 78.4 Å². The predicted molar refractivity (Wildman–Crippen MR) is 73.0 cm³/mol. The molecule has 0 aromatic heterocycles. The summed E-state index contributed by atoms with van der Waals surface area (Å²) in [4.78, 5) is 23.6. The molecule has 3 rings (SSSR count). The van der Waals surface area contributed by atoms with Crippen molar-refractivity contribution in [2.45, 2.75) is 31.3 Å². The maximum atomic E-state index is 12.2. The molecule has 5 atom stereocenters. The molecule has 2 bridgehead atoms. The first kappa shape index (κ1) is 13.2. The third-order valence-corrected chi connectivity index (χ3v) is 5.81. The minimum Gasteiger partial charge on any atom is -0.481 e. The predicted octanol–water partition coefficient (Wildman–Crippen LogP) is 0.307. The van der Waals surface area contributed by atoms with Gasteiger partial charge in [-0.25, -0.2) is 0 Å². The number of hydrogen-bond donors (Lipinski definition) is 3. The van der Waals surface area contributed by atoms with Crippen molar-refractivity contribution in [2.24, 2.45) is 17.8 Å². The van der Waals surface area contributed by atoms with Gasteiger partial charge >= 0.3 is 5.97 Å². The molecule has 0 aromatic carbocycles. The summed E-state index contributed by atoms with van der Waals surface area (Å²) in [5, 5.41) is 15.6. The average Bonchev–Trinajstić information content (AvgIpc) is 3.00. The summed E-state index contributed by atoms with van der Waals surface area (Å²) in [7, 11) is 0. The molecule has 1 heterocycles. The van der Waals surface area contributed by atoms with Gasteiger partial charge in [-0.2, -0.15) is 11.8 Å². The number of nitrogens with one attached hydrogen (secondary N) is 2. The highest BCUT2D eigenvalue weighted by Crippen LogP contribution is 2.48. The van der Waals surface area contributed by atoms with E-state index >= 15 is 0 Å². The molecular formula is C13H20N2O3S. The Morgan fingerprint density at radius 3 is 2.74 bits per heavy atom. The minimum absolute atomic E-state index is 0.0176. The van der Waals surface area contributed by atoms with Gasteiger partial charge in [0.2, 0.25) is 5.91 Å². The van der Waals surface area contributed by atoms with Crippen LogP contribution in [0.3, 0.4) is 0 Å². The first-order valence-electron chi connectivity index (χ1n) is 7.01. The van der Waals surface area contributed by atoms with Crippen molar-refractivity contribution in [3.8, 4) is 0 Å². The maximum Gasteiger partial charge on any atom is 0.308 e. The number of rotatable bonds is 3. The molecule has 0 radical (unpaired) electrons. The van der Waals surface area contributed by atoms with Crippen LogP contribution in [0.5, 0.6) is 0 Å². The second-order valence-corrected chi connectivity index (χ2v) is 6.96. The molecule has 3 N–H and O–H groups in total. The SMILES string of the molecule is O=C(NC1C2CCC(C2)C1C(=O)O)C1CSCCN1. The van der Waals surface area contributed by atoms with Crippen LogP contribution in [0.2, 0.25) is 0 Å². The van der Waals surface area contributed by atoms with E-state index in [0.29, 0.717) is 5.92 Å². The molecule has 5 nitrogen and oxygen atoms in total. The number of aliphatic carboxylic acids is 1. The highest BCUT2D eigenvalue weighted by Gasteiger charge is 2.51. The normalized spacial score (nSPS) is 41.2. The Bertz CT molecular complexity index is 384. The van der Waals surface area contributed by atoms with Crippen molar-refractivity contribution in [3.05, 3.63) is 0 Å². The van der Waals surface area contributed by atoms with E-state index in [1.807, 2.05) is 0 Å². The van der Waals surface area contributed by atoms with E-state index in [9.17, 15) is 14.7 Å². The second-order valence-electron chi connectivity index (χ2n) is 5.81. The van der Waals surface area contributed by atoms with E-state index in [-0.39, 0.29) is 29.8 Å². The van der Waals surface area contributed by atoms with Crippen molar-refractivity contribution < 1.29 is 14.7 Å². The molecule has 106 valence electrons. The summed E-state index contributed by atoms with van der Waals surface area (Å²) < 4.78 is 0. The van der Waals surface area contributed by atoms with Crippen molar-refractivity contribution in [3.63, 3.8) is 0 Å². The van der Waals surface area contributed by atoms with E-state index in [4.69, 9.17) is 0 Å². The number of carbonyl (C=O) groups is 2. The number of hydrogen-bond acceptors (Lipinski definition) is 4. The van der Waals surface area contributed by atoms with Gasteiger partial charge in [-0.05, 0) is 31.1 Å². The number of carbonyl (C=O) groups excluding carboxylic acids is 1. The third kappa shape index (κ3) is 2.48. The molecule has 3 fully saturated rings. The molecular weight excluding hydrogens is 264 g/mol. The third-order valence-electron chi connectivity index (χ3n) is 4.75. The second kappa shape index (κ2) is 5.32. The molecule has 2 saturated carbocycles. The number of carboxylic acid groups (broad SMARTS) is 1. The summed E-state index contributed by atoms with van der Waals surface area (Å²) in [5.41, 5.74) is 0. The number of fused-ring (bicyclic) bond motifs is 2.